The van der Waals surface area contributed by atoms with E-state index in [1.54, 1.807) is 0 Å². The number of carbonyl (C=O) groups excluding carboxylic acids is 1. The van der Waals surface area contributed by atoms with E-state index in [9.17, 15) is 9.18 Å². The predicted octanol–water partition coefficient (Wildman–Crippen LogP) is 5.53. The number of aromatic nitrogens is 2. The van der Waals surface area contributed by atoms with Gasteiger partial charge < -0.3 is 20.1 Å². The lowest BCUT2D eigenvalue weighted by Gasteiger charge is -2.26. The van der Waals surface area contributed by atoms with E-state index < -0.39 is 11.8 Å². The molecule has 0 aliphatic carbocycles. The molecule has 8 nitrogen and oxygen atoms in total. The van der Waals surface area contributed by atoms with E-state index in [1.807, 2.05) is 60.7 Å². The monoisotopic (exact) mass is 529 g/mol. The molecule has 202 valence electrons. The molecule has 5 rings (SSSR count). The Kier molecular flexibility index (Phi) is 8.80. The van der Waals surface area contributed by atoms with Gasteiger partial charge in [0.2, 0.25) is 0 Å². The number of urea groups is 1. The van der Waals surface area contributed by atoms with Gasteiger partial charge in [-0.05, 0) is 55.8 Å². The van der Waals surface area contributed by atoms with Crippen LogP contribution in [0.2, 0.25) is 0 Å². The van der Waals surface area contributed by atoms with Crippen LogP contribution in [0.5, 0.6) is 11.5 Å². The maximum absolute atomic E-state index is 13.0. The van der Waals surface area contributed by atoms with Crippen LogP contribution in [0.3, 0.4) is 0 Å². The number of likely N-dealkylation sites (tertiary alicyclic amines) is 1. The van der Waals surface area contributed by atoms with E-state index in [2.05, 4.69) is 25.5 Å². The molecule has 0 saturated carbocycles. The number of anilines is 1. The summed E-state index contributed by atoms with van der Waals surface area (Å²) in [7, 11) is 0. The smallest absolute Gasteiger partial charge is 0.319 e. The zero-order valence-electron chi connectivity index (χ0n) is 21.7. The molecule has 0 unspecified atom stereocenters. The first-order valence-electron chi connectivity index (χ1n) is 13.2. The molecule has 1 aromatic heterocycles. The van der Waals surface area contributed by atoms with Gasteiger partial charge in [-0.15, -0.1) is 0 Å². The molecular formula is C30H32FN5O3. The van der Waals surface area contributed by atoms with Gasteiger partial charge in [-0.2, -0.15) is 0 Å². The fourth-order valence-electron chi connectivity index (χ4n) is 4.58. The van der Waals surface area contributed by atoms with Crippen molar-refractivity contribution in [2.75, 3.05) is 31.6 Å². The van der Waals surface area contributed by atoms with Crippen molar-refractivity contribution in [3.8, 4) is 11.5 Å². The van der Waals surface area contributed by atoms with Crippen LogP contribution in [-0.2, 0) is 13.2 Å². The largest absolute Gasteiger partial charge is 0.492 e. The summed E-state index contributed by atoms with van der Waals surface area (Å²) in [5.41, 5.74) is 1.67. The van der Waals surface area contributed by atoms with Crippen LogP contribution in [0.15, 0.2) is 73.1 Å². The summed E-state index contributed by atoms with van der Waals surface area (Å²) in [5.74, 6) is 1.37. The Hall–Kier alpha value is -4.24. The summed E-state index contributed by atoms with van der Waals surface area (Å²) in [6.45, 7) is 4.49. The number of hydrogen-bond donors (Lipinski definition) is 2. The third kappa shape index (κ3) is 7.42. The van der Waals surface area contributed by atoms with Crippen LogP contribution >= 0.6 is 0 Å². The Morgan fingerprint density at radius 3 is 2.41 bits per heavy atom. The van der Waals surface area contributed by atoms with Gasteiger partial charge >= 0.3 is 6.03 Å². The number of nitrogens with zero attached hydrogens (tertiary/aromatic N) is 3. The second kappa shape index (κ2) is 13.0. The van der Waals surface area contributed by atoms with Crippen molar-refractivity contribution in [2.24, 2.45) is 0 Å². The van der Waals surface area contributed by atoms with Crippen molar-refractivity contribution < 1.29 is 18.7 Å². The molecule has 9 heteroatoms. The van der Waals surface area contributed by atoms with Gasteiger partial charge in [-0.25, -0.2) is 19.2 Å². The highest BCUT2D eigenvalue weighted by Gasteiger charge is 2.11. The van der Waals surface area contributed by atoms with Crippen molar-refractivity contribution in [3.63, 3.8) is 0 Å². The number of hydrogen-bond acceptors (Lipinski definition) is 6. The molecule has 0 spiro atoms. The topological polar surface area (TPSA) is 88.6 Å². The van der Waals surface area contributed by atoms with Crippen LogP contribution in [-0.4, -0.2) is 47.1 Å². The molecule has 39 heavy (non-hydrogen) atoms. The average Bonchev–Trinajstić information content (AvgIpc) is 2.98. The first kappa shape index (κ1) is 26.4. The van der Waals surface area contributed by atoms with Crippen LogP contribution in [0.1, 0.15) is 30.7 Å². The van der Waals surface area contributed by atoms with Gasteiger partial charge in [-0.1, -0.05) is 42.8 Å². The normalized spacial score (nSPS) is 13.7. The average molecular weight is 530 g/mol. The SMILES string of the molecule is O=C(NCc1ncc(F)cn1)Nc1ccc(OCc2ccc(OCCN3CCCCC3)cc2)c2ccccc12. The lowest BCUT2D eigenvalue weighted by atomic mass is 10.1. The summed E-state index contributed by atoms with van der Waals surface area (Å²) in [6.07, 6.45) is 6.03. The molecule has 3 aromatic carbocycles. The van der Waals surface area contributed by atoms with E-state index in [-0.39, 0.29) is 6.54 Å². The molecule has 0 radical (unpaired) electrons. The molecule has 1 aliphatic heterocycles. The summed E-state index contributed by atoms with van der Waals surface area (Å²) in [6, 6.07) is 19.0. The predicted molar refractivity (Wildman–Crippen MR) is 148 cm³/mol. The number of benzene rings is 3. The number of nitrogens with one attached hydrogen (secondary N) is 2. The second-order valence-electron chi connectivity index (χ2n) is 9.47. The van der Waals surface area contributed by atoms with Gasteiger partial charge in [0.15, 0.2) is 5.82 Å². The van der Waals surface area contributed by atoms with Crippen molar-refractivity contribution in [3.05, 3.63) is 90.3 Å². The Morgan fingerprint density at radius 2 is 1.64 bits per heavy atom. The standard InChI is InChI=1S/C30H32FN5O3/c31-23-18-32-29(33-19-23)20-34-30(37)35-27-12-13-28(26-7-3-2-6-25(26)27)39-21-22-8-10-24(11-9-22)38-17-16-36-14-4-1-5-15-36/h2-3,6-13,18-19H,1,4-5,14-17,20-21H2,(H2,34,35,37). The van der Waals surface area contributed by atoms with Gasteiger partial charge in [0, 0.05) is 17.3 Å². The Bertz CT molecular complexity index is 1380. The first-order valence-corrected chi connectivity index (χ1v) is 13.2. The molecule has 0 bridgehead atoms. The van der Waals surface area contributed by atoms with Crippen LogP contribution < -0.4 is 20.1 Å². The van der Waals surface area contributed by atoms with E-state index in [4.69, 9.17) is 9.47 Å². The van der Waals surface area contributed by atoms with Crippen molar-refractivity contribution in [1.82, 2.24) is 20.2 Å². The summed E-state index contributed by atoms with van der Waals surface area (Å²) < 4.78 is 25.1. The number of piperidine rings is 1. The number of ether oxygens (including phenoxy) is 2. The number of fused-ring (bicyclic) bond motifs is 1. The molecule has 0 atom stereocenters. The highest BCUT2D eigenvalue weighted by molar-refractivity contribution is 6.03. The third-order valence-corrected chi connectivity index (χ3v) is 6.66. The minimum Gasteiger partial charge on any atom is -0.492 e. The Labute approximate surface area is 227 Å². The molecule has 1 fully saturated rings. The maximum Gasteiger partial charge on any atom is 0.319 e. The second-order valence-corrected chi connectivity index (χ2v) is 9.47. The summed E-state index contributed by atoms with van der Waals surface area (Å²) in [4.78, 5) is 22.6. The molecule has 1 saturated heterocycles. The molecule has 2 amide bonds. The van der Waals surface area contributed by atoms with Gasteiger partial charge in [-0.3, -0.25) is 4.90 Å². The fourth-order valence-corrected chi connectivity index (χ4v) is 4.58. The van der Waals surface area contributed by atoms with Crippen LogP contribution in [0, 0.1) is 5.82 Å². The van der Waals surface area contributed by atoms with Crippen molar-refractivity contribution >= 4 is 22.5 Å². The lowest BCUT2D eigenvalue weighted by molar-refractivity contribution is 0.183. The third-order valence-electron chi connectivity index (χ3n) is 6.66. The van der Waals surface area contributed by atoms with Crippen molar-refractivity contribution in [1.29, 1.82) is 0 Å². The number of carbonyl (C=O) groups is 1. The number of rotatable bonds is 10. The highest BCUT2D eigenvalue weighted by atomic mass is 19.1. The summed E-state index contributed by atoms with van der Waals surface area (Å²) in [5, 5.41) is 7.28. The van der Waals surface area contributed by atoms with Gasteiger partial charge in [0.05, 0.1) is 24.6 Å². The zero-order chi connectivity index (χ0) is 26.9. The minimum absolute atomic E-state index is 0.0769. The first-order chi connectivity index (χ1) is 19.1. The van der Waals surface area contributed by atoms with Crippen LogP contribution in [0.25, 0.3) is 10.8 Å². The van der Waals surface area contributed by atoms with Gasteiger partial charge in [0.1, 0.15) is 30.5 Å². The van der Waals surface area contributed by atoms with Gasteiger partial charge in [0.25, 0.3) is 0 Å². The number of halogens is 1. The Balaban J connectivity index is 1.15. The van der Waals surface area contributed by atoms with E-state index in [1.165, 1.54) is 32.4 Å². The molecule has 2 N–H and O–H groups in total. The highest BCUT2D eigenvalue weighted by Crippen LogP contribution is 2.32. The van der Waals surface area contributed by atoms with Crippen LogP contribution in [0.4, 0.5) is 14.9 Å². The quantitative estimate of drug-likeness (QED) is 0.281. The van der Waals surface area contributed by atoms with E-state index >= 15 is 0 Å². The zero-order valence-corrected chi connectivity index (χ0v) is 21.7. The Morgan fingerprint density at radius 1 is 0.897 bits per heavy atom. The fraction of sp³-hybridized carbons (Fsp3) is 0.300. The lowest BCUT2D eigenvalue weighted by Crippen LogP contribution is -2.33. The maximum atomic E-state index is 13.0. The molecule has 4 aromatic rings. The molecule has 2 heterocycles. The molecule has 1 aliphatic rings. The van der Waals surface area contributed by atoms with E-state index in [0.717, 1.165) is 46.8 Å². The van der Waals surface area contributed by atoms with Crippen molar-refractivity contribution in [2.45, 2.75) is 32.4 Å². The number of amides is 2. The molecular weight excluding hydrogens is 497 g/mol. The van der Waals surface area contributed by atoms with E-state index in [0.29, 0.717) is 24.7 Å². The minimum atomic E-state index is -0.526. The summed E-state index contributed by atoms with van der Waals surface area (Å²) >= 11 is 0.